The molecular weight excluding hydrogens is 286 g/mol. The van der Waals surface area contributed by atoms with Gasteiger partial charge in [0, 0.05) is 55.5 Å². The van der Waals surface area contributed by atoms with Gasteiger partial charge in [0.05, 0.1) is 0 Å². The molecule has 0 N–H and O–H groups in total. The van der Waals surface area contributed by atoms with Gasteiger partial charge in [-0.15, -0.1) is 0 Å². The molecule has 1 atom stereocenters. The number of aryl methyl sites for hydroxylation is 1. The van der Waals surface area contributed by atoms with Crippen LogP contribution in [0.15, 0.2) is 30.6 Å². The van der Waals surface area contributed by atoms with Crippen LogP contribution in [0.1, 0.15) is 12.0 Å². The standard InChI is InChI=1S/C16H18ClN3O/c1-11-7-13(17)3-4-14(11)16-18-5-6-20(16)10-12-8-15(21)19(2)9-12/h3-7,12H,8-10H2,1-2H3. The summed E-state index contributed by atoms with van der Waals surface area (Å²) >= 11 is 6.02. The monoisotopic (exact) mass is 303 g/mol. The van der Waals surface area contributed by atoms with Gasteiger partial charge in [-0.2, -0.15) is 0 Å². The summed E-state index contributed by atoms with van der Waals surface area (Å²) in [6, 6.07) is 5.83. The highest BCUT2D eigenvalue weighted by atomic mass is 35.5. The van der Waals surface area contributed by atoms with Gasteiger partial charge in [-0.1, -0.05) is 11.6 Å². The highest BCUT2D eigenvalue weighted by molar-refractivity contribution is 6.30. The predicted octanol–water partition coefficient (Wildman–Crippen LogP) is 2.99. The molecule has 1 aromatic heterocycles. The van der Waals surface area contributed by atoms with Gasteiger partial charge in [0.2, 0.25) is 5.91 Å². The van der Waals surface area contributed by atoms with Crippen molar-refractivity contribution < 1.29 is 4.79 Å². The highest BCUT2D eigenvalue weighted by Crippen LogP contribution is 2.26. The Morgan fingerprint density at radius 1 is 1.43 bits per heavy atom. The Hall–Kier alpha value is -1.81. The van der Waals surface area contributed by atoms with E-state index in [9.17, 15) is 4.79 Å². The molecule has 3 rings (SSSR count). The van der Waals surface area contributed by atoms with Crippen LogP contribution in [0.5, 0.6) is 0 Å². The molecule has 0 aliphatic carbocycles. The maximum absolute atomic E-state index is 11.6. The number of likely N-dealkylation sites (tertiary alicyclic amines) is 1. The van der Waals surface area contributed by atoms with E-state index < -0.39 is 0 Å². The van der Waals surface area contributed by atoms with Crippen molar-refractivity contribution in [2.75, 3.05) is 13.6 Å². The smallest absolute Gasteiger partial charge is 0.222 e. The number of imidazole rings is 1. The van der Waals surface area contributed by atoms with Crippen molar-refractivity contribution in [1.29, 1.82) is 0 Å². The lowest BCUT2D eigenvalue weighted by atomic mass is 10.1. The molecule has 5 heteroatoms. The topological polar surface area (TPSA) is 38.1 Å². The van der Waals surface area contributed by atoms with Crippen LogP contribution in [0.3, 0.4) is 0 Å². The van der Waals surface area contributed by atoms with Crippen LogP contribution in [0.25, 0.3) is 11.4 Å². The van der Waals surface area contributed by atoms with Crippen LogP contribution in [-0.2, 0) is 11.3 Å². The summed E-state index contributed by atoms with van der Waals surface area (Å²) in [5.74, 6) is 1.51. The molecule has 0 radical (unpaired) electrons. The fourth-order valence-electron chi connectivity index (χ4n) is 2.94. The van der Waals surface area contributed by atoms with Crippen LogP contribution in [0.4, 0.5) is 0 Å². The normalized spacial score (nSPS) is 18.5. The largest absolute Gasteiger partial charge is 0.345 e. The summed E-state index contributed by atoms with van der Waals surface area (Å²) in [6.45, 7) is 3.66. The summed E-state index contributed by atoms with van der Waals surface area (Å²) in [5.41, 5.74) is 2.19. The van der Waals surface area contributed by atoms with E-state index in [0.717, 1.165) is 35.1 Å². The first-order valence-electron chi connectivity index (χ1n) is 7.06. The van der Waals surface area contributed by atoms with Crippen molar-refractivity contribution in [2.45, 2.75) is 19.9 Å². The van der Waals surface area contributed by atoms with Gasteiger partial charge < -0.3 is 9.47 Å². The third kappa shape index (κ3) is 2.81. The second-order valence-electron chi connectivity index (χ2n) is 5.71. The Labute approximate surface area is 129 Å². The fraction of sp³-hybridized carbons (Fsp3) is 0.375. The zero-order valence-corrected chi connectivity index (χ0v) is 13.0. The molecule has 4 nitrogen and oxygen atoms in total. The predicted molar refractivity (Wildman–Crippen MR) is 83.2 cm³/mol. The van der Waals surface area contributed by atoms with Crippen molar-refractivity contribution in [3.63, 3.8) is 0 Å². The van der Waals surface area contributed by atoms with Crippen molar-refractivity contribution in [3.05, 3.63) is 41.2 Å². The SMILES string of the molecule is Cc1cc(Cl)ccc1-c1nccn1CC1CC(=O)N(C)C1. The fourth-order valence-corrected chi connectivity index (χ4v) is 3.16. The van der Waals surface area contributed by atoms with E-state index in [1.54, 1.807) is 4.90 Å². The zero-order valence-electron chi connectivity index (χ0n) is 12.2. The molecule has 110 valence electrons. The van der Waals surface area contributed by atoms with Crippen molar-refractivity contribution >= 4 is 17.5 Å². The number of amides is 1. The number of nitrogens with zero attached hydrogens (tertiary/aromatic N) is 3. The third-order valence-corrected chi connectivity index (χ3v) is 4.26. The van der Waals surface area contributed by atoms with Gasteiger partial charge >= 0.3 is 0 Å². The molecule has 1 aliphatic heterocycles. The first kappa shape index (κ1) is 14.1. The number of hydrogen-bond acceptors (Lipinski definition) is 2. The second-order valence-corrected chi connectivity index (χ2v) is 6.14. The van der Waals surface area contributed by atoms with Crippen molar-refractivity contribution in [3.8, 4) is 11.4 Å². The number of aromatic nitrogens is 2. The first-order chi connectivity index (χ1) is 10.0. The number of carbonyl (C=O) groups is 1. The van der Waals surface area contributed by atoms with E-state index in [1.165, 1.54) is 0 Å². The van der Waals surface area contributed by atoms with Crippen LogP contribution < -0.4 is 0 Å². The Morgan fingerprint density at radius 3 is 2.90 bits per heavy atom. The van der Waals surface area contributed by atoms with Crippen LogP contribution in [0.2, 0.25) is 5.02 Å². The Morgan fingerprint density at radius 2 is 2.24 bits per heavy atom. The second kappa shape index (κ2) is 5.53. The summed E-state index contributed by atoms with van der Waals surface area (Å²) in [6.07, 6.45) is 4.41. The van der Waals surface area contributed by atoms with E-state index in [0.29, 0.717) is 12.3 Å². The molecule has 1 aliphatic rings. The van der Waals surface area contributed by atoms with Crippen molar-refractivity contribution in [1.82, 2.24) is 14.5 Å². The molecule has 2 aromatic rings. The Balaban J connectivity index is 1.86. The van der Waals surface area contributed by atoms with E-state index in [4.69, 9.17) is 11.6 Å². The van der Waals surface area contributed by atoms with Gasteiger partial charge in [0.25, 0.3) is 0 Å². The zero-order chi connectivity index (χ0) is 15.0. The summed E-state index contributed by atoms with van der Waals surface area (Å²) in [5, 5.41) is 0.734. The first-order valence-corrected chi connectivity index (χ1v) is 7.44. The number of halogens is 1. The van der Waals surface area contributed by atoms with Crippen LogP contribution in [-0.4, -0.2) is 34.0 Å². The van der Waals surface area contributed by atoms with E-state index in [1.807, 2.05) is 44.6 Å². The van der Waals surface area contributed by atoms with E-state index in [2.05, 4.69) is 9.55 Å². The third-order valence-electron chi connectivity index (χ3n) is 4.02. The molecule has 1 unspecified atom stereocenters. The average molecular weight is 304 g/mol. The summed E-state index contributed by atoms with van der Waals surface area (Å²) < 4.78 is 2.13. The van der Waals surface area contributed by atoms with Crippen LogP contribution in [0, 0.1) is 12.8 Å². The lowest BCUT2D eigenvalue weighted by molar-refractivity contribution is -0.126. The minimum Gasteiger partial charge on any atom is -0.345 e. The average Bonchev–Trinajstić information content (AvgIpc) is 2.98. The molecule has 0 saturated carbocycles. The molecule has 1 fully saturated rings. The molecule has 0 spiro atoms. The number of rotatable bonds is 3. The molecule has 0 bridgehead atoms. The highest BCUT2D eigenvalue weighted by Gasteiger charge is 2.27. The number of carbonyl (C=O) groups excluding carboxylic acids is 1. The van der Waals surface area contributed by atoms with Gasteiger partial charge in [0.1, 0.15) is 5.82 Å². The minimum atomic E-state index is 0.226. The molecule has 2 heterocycles. The maximum Gasteiger partial charge on any atom is 0.222 e. The van der Waals surface area contributed by atoms with Gasteiger partial charge in [-0.3, -0.25) is 4.79 Å². The lowest BCUT2D eigenvalue weighted by Crippen LogP contribution is -2.20. The van der Waals surface area contributed by atoms with Crippen molar-refractivity contribution in [2.24, 2.45) is 5.92 Å². The van der Waals surface area contributed by atoms with Gasteiger partial charge in [-0.05, 0) is 30.7 Å². The Kier molecular flexibility index (Phi) is 3.72. The summed E-state index contributed by atoms with van der Waals surface area (Å²) in [4.78, 5) is 17.9. The van der Waals surface area contributed by atoms with Gasteiger partial charge in [0.15, 0.2) is 0 Å². The van der Waals surface area contributed by atoms with Crippen LogP contribution >= 0.6 is 11.6 Å². The number of hydrogen-bond donors (Lipinski definition) is 0. The van der Waals surface area contributed by atoms with E-state index in [-0.39, 0.29) is 5.91 Å². The quantitative estimate of drug-likeness (QED) is 0.874. The molecule has 1 aromatic carbocycles. The molecule has 21 heavy (non-hydrogen) atoms. The lowest BCUT2D eigenvalue weighted by Gasteiger charge is -2.14. The molecule has 1 amide bonds. The molecular formula is C16H18ClN3O. The maximum atomic E-state index is 11.6. The number of benzene rings is 1. The minimum absolute atomic E-state index is 0.226. The van der Waals surface area contributed by atoms with E-state index >= 15 is 0 Å². The van der Waals surface area contributed by atoms with Gasteiger partial charge in [-0.25, -0.2) is 4.98 Å². The Bertz CT molecular complexity index is 680. The molecule has 1 saturated heterocycles. The summed E-state index contributed by atoms with van der Waals surface area (Å²) in [7, 11) is 1.86.